The van der Waals surface area contributed by atoms with Crippen molar-refractivity contribution < 1.29 is 9.59 Å². The van der Waals surface area contributed by atoms with Gasteiger partial charge >= 0.3 is 0 Å². The Bertz CT molecular complexity index is 1250. The minimum absolute atomic E-state index is 0.0639. The molecule has 0 aliphatic heterocycles. The lowest BCUT2D eigenvalue weighted by atomic mass is 9.90. The molecule has 2 heterocycles. The molecule has 1 aromatic carbocycles. The molecule has 2 amide bonds. The van der Waals surface area contributed by atoms with Crippen molar-refractivity contribution in [2.24, 2.45) is 11.8 Å². The number of rotatable bonds is 11. The molecule has 0 saturated heterocycles. The topological polar surface area (TPSA) is 110 Å². The Morgan fingerprint density at radius 2 is 1.81 bits per heavy atom. The number of hydrogen-bond acceptors (Lipinski definition) is 7. The van der Waals surface area contributed by atoms with Gasteiger partial charge in [0.25, 0.3) is 0 Å². The van der Waals surface area contributed by atoms with Gasteiger partial charge < -0.3 is 10.6 Å². The molecule has 0 bridgehead atoms. The van der Waals surface area contributed by atoms with E-state index in [0.717, 1.165) is 53.9 Å². The van der Waals surface area contributed by atoms with Crippen LogP contribution in [0.15, 0.2) is 66.3 Å². The van der Waals surface area contributed by atoms with Gasteiger partial charge in [-0.1, -0.05) is 66.8 Å². The van der Waals surface area contributed by atoms with Crippen LogP contribution in [-0.2, 0) is 28.9 Å². The minimum atomic E-state index is -0.226. The van der Waals surface area contributed by atoms with E-state index in [2.05, 4.69) is 50.1 Å². The Balaban J connectivity index is 1.16. The fourth-order valence-corrected chi connectivity index (χ4v) is 4.82. The molecule has 2 atom stereocenters. The quantitative estimate of drug-likeness (QED) is 0.340. The van der Waals surface area contributed by atoms with E-state index < -0.39 is 0 Å². The highest BCUT2D eigenvalue weighted by Gasteiger charge is 2.20. The molecule has 0 saturated carbocycles. The van der Waals surface area contributed by atoms with Crippen molar-refractivity contribution in [1.82, 2.24) is 20.4 Å². The first-order valence-electron chi connectivity index (χ1n) is 12.6. The number of benzene rings is 1. The van der Waals surface area contributed by atoms with Gasteiger partial charge in [0.2, 0.25) is 16.9 Å². The van der Waals surface area contributed by atoms with E-state index in [1.54, 1.807) is 6.07 Å². The standard InChI is InChI=1S/C28H32N6O2S/c1-19-9-8-12-22(17-19)20(2)27(36)30-28-34-33-26(37-28)14-7-6-13-23-15-16-24(32-31-23)29-25(35)18-21-10-4-3-5-11-21/h3-5,8,10-12,15-17,19-20H,6-7,9,13-14,18H2,1-2H3,(H,29,32,35)(H,30,34,36). The molecule has 1 aliphatic carbocycles. The lowest BCUT2D eigenvalue weighted by molar-refractivity contribution is -0.118. The normalized spacial score (nSPS) is 15.6. The Kier molecular flexibility index (Phi) is 9.26. The van der Waals surface area contributed by atoms with Crippen LogP contribution < -0.4 is 10.6 Å². The number of carbonyl (C=O) groups excluding carboxylic acids is 2. The number of carbonyl (C=O) groups is 2. The Hall–Kier alpha value is -3.72. The molecule has 2 N–H and O–H groups in total. The number of hydrogen-bond donors (Lipinski definition) is 2. The van der Waals surface area contributed by atoms with Gasteiger partial charge in [-0.15, -0.1) is 15.3 Å². The number of allylic oxidation sites excluding steroid dienone is 3. The summed E-state index contributed by atoms with van der Waals surface area (Å²) in [6.07, 6.45) is 11.1. The summed E-state index contributed by atoms with van der Waals surface area (Å²) in [5, 5.41) is 23.9. The van der Waals surface area contributed by atoms with Crippen molar-refractivity contribution in [3.05, 3.63) is 82.5 Å². The van der Waals surface area contributed by atoms with Crippen LogP contribution in [0.2, 0.25) is 0 Å². The molecule has 9 heteroatoms. The smallest absolute Gasteiger partial charge is 0.233 e. The number of aromatic nitrogens is 4. The maximum absolute atomic E-state index is 12.6. The second-order valence-electron chi connectivity index (χ2n) is 9.32. The summed E-state index contributed by atoms with van der Waals surface area (Å²) >= 11 is 1.42. The maximum Gasteiger partial charge on any atom is 0.233 e. The van der Waals surface area contributed by atoms with Crippen LogP contribution in [0.25, 0.3) is 0 Å². The summed E-state index contributed by atoms with van der Waals surface area (Å²) in [7, 11) is 0. The van der Waals surface area contributed by atoms with E-state index >= 15 is 0 Å². The highest BCUT2D eigenvalue weighted by atomic mass is 32.1. The maximum atomic E-state index is 12.6. The number of unbranched alkanes of at least 4 members (excludes halogenated alkanes) is 1. The lowest BCUT2D eigenvalue weighted by Crippen LogP contribution is -2.22. The van der Waals surface area contributed by atoms with E-state index in [1.807, 2.05) is 49.4 Å². The summed E-state index contributed by atoms with van der Waals surface area (Å²) < 4.78 is 0. The van der Waals surface area contributed by atoms with E-state index in [0.29, 0.717) is 23.3 Å². The van der Waals surface area contributed by atoms with E-state index in [4.69, 9.17) is 0 Å². The molecule has 2 aromatic heterocycles. The molecule has 8 nitrogen and oxygen atoms in total. The molecule has 3 aromatic rings. The van der Waals surface area contributed by atoms with Crippen LogP contribution in [0.5, 0.6) is 0 Å². The monoisotopic (exact) mass is 516 g/mol. The molecule has 2 unspecified atom stereocenters. The summed E-state index contributed by atoms with van der Waals surface area (Å²) in [4.78, 5) is 24.8. The third-order valence-corrected chi connectivity index (χ3v) is 7.05. The largest absolute Gasteiger partial charge is 0.309 e. The Labute approximate surface area is 221 Å². The van der Waals surface area contributed by atoms with Gasteiger partial charge in [0, 0.05) is 6.42 Å². The van der Waals surface area contributed by atoms with Crippen LogP contribution >= 0.6 is 11.3 Å². The summed E-state index contributed by atoms with van der Waals surface area (Å²) in [5.41, 5.74) is 2.88. The molecule has 0 spiro atoms. The Morgan fingerprint density at radius 1 is 1.00 bits per heavy atom. The van der Waals surface area contributed by atoms with Crippen LogP contribution in [0.4, 0.5) is 10.9 Å². The SMILES string of the molecule is CC1C=C(C(C)C(=O)Nc2nnc(CCCCc3ccc(NC(=O)Cc4ccccc4)nn3)s2)C=CC1. The first kappa shape index (κ1) is 26.3. The predicted octanol–water partition coefficient (Wildman–Crippen LogP) is 5.17. The van der Waals surface area contributed by atoms with Gasteiger partial charge in [0.15, 0.2) is 5.82 Å². The van der Waals surface area contributed by atoms with Crippen LogP contribution in [0, 0.1) is 11.8 Å². The zero-order chi connectivity index (χ0) is 26.0. The highest BCUT2D eigenvalue weighted by Crippen LogP contribution is 2.24. The number of anilines is 2. The van der Waals surface area contributed by atoms with E-state index in [-0.39, 0.29) is 17.7 Å². The van der Waals surface area contributed by atoms with Crippen molar-refractivity contribution in [1.29, 1.82) is 0 Å². The average Bonchev–Trinajstić information content (AvgIpc) is 3.34. The van der Waals surface area contributed by atoms with E-state index in [1.165, 1.54) is 11.3 Å². The zero-order valence-electron chi connectivity index (χ0n) is 21.2. The third kappa shape index (κ3) is 8.15. The molecule has 0 radical (unpaired) electrons. The van der Waals surface area contributed by atoms with Crippen molar-refractivity contribution in [3.8, 4) is 0 Å². The van der Waals surface area contributed by atoms with Gasteiger partial charge in [-0.3, -0.25) is 9.59 Å². The van der Waals surface area contributed by atoms with Crippen LogP contribution in [0.1, 0.15) is 49.4 Å². The van der Waals surface area contributed by atoms with Crippen LogP contribution in [-0.4, -0.2) is 32.2 Å². The highest BCUT2D eigenvalue weighted by molar-refractivity contribution is 7.15. The van der Waals surface area contributed by atoms with Crippen molar-refractivity contribution in [2.45, 2.75) is 52.4 Å². The number of aryl methyl sites for hydroxylation is 2. The molecule has 1 aliphatic rings. The lowest BCUT2D eigenvalue weighted by Gasteiger charge is -2.17. The second-order valence-corrected chi connectivity index (χ2v) is 10.4. The third-order valence-electron chi connectivity index (χ3n) is 6.15. The summed E-state index contributed by atoms with van der Waals surface area (Å²) in [6.45, 7) is 4.07. The molecule has 4 rings (SSSR count). The zero-order valence-corrected chi connectivity index (χ0v) is 22.0. The van der Waals surface area contributed by atoms with Crippen molar-refractivity contribution >= 4 is 34.1 Å². The fourth-order valence-electron chi connectivity index (χ4n) is 4.04. The second kappa shape index (κ2) is 13.0. The summed E-state index contributed by atoms with van der Waals surface area (Å²) in [6, 6.07) is 13.3. The van der Waals surface area contributed by atoms with Gasteiger partial charge in [0.05, 0.1) is 18.0 Å². The first-order valence-corrected chi connectivity index (χ1v) is 13.5. The number of nitrogens with zero attached hydrogens (tertiary/aromatic N) is 4. The average molecular weight is 517 g/mol. The summed E-state index contributed by atoms with van der Waals surface area (Å²) in [5.74, 6) is 0.501. The van der Waals surface area contributed by atoms with Crippen LogP contribution in [0.3, 0.4) is 0 Å². The van der Waals surface area contributed by atoms with Gasteiger partial charge in [-0.05, 0) is 61.8 Å². The van der Waals surface area contributed by atoms with E-state index in [9.17, 15) is 9.59 Å². The van der Waals surface area contributed by atoms with Crippen molar-refractivity contribution in [2.75, 3.05) is 10.6 Å². The van der Waals surface area contributed by atoms with Crippen molar-refractivity contribution in [3.63, 3.8) is 0 Å². The predicted molar refractivity (Wildman–Crippen MR) is 146 cm³/mol. The molecule has 192 valence electrons. The molecule has 0 fully saturated rings. The van der Waals surface area contributed by atoms with Gasteiger partial charge in [0.1, 0.15) is 5.01 Å². The molecule has 37 heavy (non-hydrogen) atoms. The fraction of sp³-hybridized carbons (Fsp3) is 0.357. The molecular formula is C28H32N6O2S. The molecular weight excluding hydrogens is 484 g/mol. The number of amides is 2. The first-order chi connectivity index (χ1) is 18.0. The number of nitrogens with one attached hydrogen (secondary N) is 2. The Morgan fingerprint density at radius 3 is 2.57 bits per heavy atom. The van der Waals surface area contributed by atoms with Gasteiger partial charge in [-0.2, -0.15) is 5.10 Å². The van der Waals surface area contributed by atoms with Gasteiger partial charge in [-0.25, -0.2) is 0 Å². The minimum Gasteiger partial charge on any atom is -0.309 e.